The fourth-order valence-electron chi connectivity index (χ4n) is 6.46. The van der Waals surface area contributed by atoms with Crippen molar-refractivity contribution in [1.29, 1.82) is 0 Å². The monoisotopic (exact) mass is 736 g/mol. The van der Waals surface area contributed by atoms with E-state index >= 15 is 0 Å². The summed E-state index contributed by atoms with van der Waals surface area (Å²) in [6.07, 6.45) is 3.55. The van der Waals surface area contributed by atoms with Gasteiger partial charge in [0, 0.05) is 67.3 Å². The van der Waals surface area contributed by atoms with Crippen molar-refractivity contribution in [2.45, 2.75) is 18.9 Å². The molecule has 0 radical (unpaired) electrons. The van der Waals surface area contributed by atoms with Gasteiger partial charge in [0.15, 0.2) is 5.82 Å². The Morgan fingerprint density at radius 2 is 1.60 bits per heavy atom. The zero-order valence-corrected chi connectivity index (χ0v) is 31.2. The molecule has 3 N–H and O–H groups in total. The summed E-state index contributed by atoms with van der Waals surface area (Å²) >= 11 is 12.6. The molecular weight excluding hydrogens is 694 g/mol. The molecule has 0 bridgehead atoms. The molecule has 264 valence electrons. The van der Waals surface area contributed by atoms with Crippen LogP contribution in [0.2, 0.25) is 10.0 Å². The van der Waals surface area contributed by atoms with Gasteiger partial charge in [-0.2, -0.15) is 4.98 Å². The third-order valence-electron chi connectivity index (χ3n) is 9.26. The van der Waals surface area contributed by atoms with Gasteiger partial charge in [-0.25, -0.2) is 4.98 Å². The summed E-state index contributed by atoms with van der Waals surface area (Å²) in [6, 6.07) is 18.5. The van der Waals surface area contributed by atoms with Crippen LogP contribution >= 0.6 is 30.3 Å². The fraction of sp³-hybridized carbons (Fsp3) is 0.361. The number of hydrogen-bond acceptors (Lipinski definition) is 10. The molecule has 11 nitrogen and oxygen atoms in total. The number of piperidine rings is 1. The molecule has 2 saturated heterocycles. The van der Waals surface area contributed by atoms with E-state index in [1.54, 1.807) is 44.7 Å². The van der Waals surface area contributed by atoms with Crippen molar-refractivity contribution in [2.75, 3.05) is 87.6 Å². The first kappa shape index (κ1) is 35.9. The van der Waals surface area contributed by atoms with Crippen molar-refractivity contribution in [3.8, 4) is 5.75 Å². The second-order valence-electron chi connectivity index (χ2n) is 13.1. The van der Waals surface area contributed by atoms with Crippen LogP contribution in [0.1, 0.15) is 23.2 Å². The van der Waals surface area contributed by atoms with Crippen LogP contribution in [0.3, 0.4) is 0 Å². The number of hydrogen-bond donors (Lipinski definition) is 3. The highest BCUT2D eigenvalue weighted by Crippen LogP contribution is 2.41. The maximum absolute atomic E-state index is 13.5. The number of methoxy groups -OCH3 is 1. The summed E-state index contributed by atoms with van der Waals surface area (Å²) in [7, 11) is 1.20. The molecule has 4 aromatic rings. The van der Waals surface area contributed by atoms with Crippen molar-refractivity contribution in [3.05, 3.63) is 82.5 Å². The molecule has 2 aliphatic rings. The molecule has 1 amide bonds. The highest BCUT2D eigenvalue weighted by Gasteiger charge is 2.29. The Labute approximate surface area is 303 Å². The number of likely N-dealkylation sites (N-methyl/N-ethyl adjacent to an activating group) is 1. The lowest BCUT2D eigenvalue weighted by Crippen LogP contribution is -2.52. The molecule has 0 unspecified atom stereocenters. The summed E-state index contributed by atoms with van der Waals surface area (Å²) < 4.78 is 18.8. The number of benzene rings is 3. The van der Waals surface area contributed by atoms with E-state index in [4.69, 9.17) is 27.9 Å². The largest absolute Gasteiger partial charge is 0.494 e. The standard InChI is InChI=1S/C36H43Cl2N8O3P/c1-44-17-19-45(20-18-44)26-13-15-46(16-14-26)31-22-32(49-2)30(21-29(31)41-35(47)24-9-11-25(37)12-10-24)42-36-39-23-27(38)34(43-36)40-28-7-5-6-8-33(28)50(3,4)48/h5-12,21-23,26H,13-20H2,1-4H3,(H,41,47)(H2,39,40,42,43). The van der Waals surface area contributed by atoms with Crippen LogP contribution in [0, 0.1) is 0 Å². The number of halogens is 2. The average molecular weight is 738 g/mol. The Kier molecular flexibility index (Phi) is 11.2. The van der Waals surface area contributed by atoms with E-state index in [1.807, 2.05) is 36.4 Å². The normalized spacial score (nSPS) is 16.2. The Morgan fingerprint density at radius 3 is 2.28 bits per heavy atom. The number of ether oxygens (including phenoxy) is 1. The third kappa shape index (κ3) is 8.53. The summed E-state index contributed by atoms with van der Waals surface area (Å²) in [5, 5.41) is 11.2. The minimum absolute atomic E-state index is 0.250. The van der Waals surface area contributed by atoms with E-state index < -0.39 is 7.14 Å². The number of piperazine rings is 1. The predicted octanol–water partition coefficient (Wildman–Crippen LogP) is 7.00. The lowest BCUT2D eigenvalue weighted by Gasteiger charge is -2.43. The Bertz CT molecular complexity index is 1870. The smallest absolute Gasteiger partial charge is 0.255 e. The number of carbonyl (C=O) groups is 1. The molecular formula is C36H43Cl2N8O3P. The lowest BCUT2D eigenvalue weighted by atomic mass is 10.0. The number of nitrogens with zero attached hydrogens (tertiary/aromatic N) is 5. The van der Waals surface area contributed by atoms with Crippen molar-refractivity contribution in [3.63, 3.8) is 0 Å². The zero-order chi connectivity index (χ0) is 35.4. The van der Waals surface area contributed by atoms with Gasteiger partial charge in [0.05, 0.1) is 36.1 Å². The summed E-state index contributed by atoms with van der Waals surface area (Å²) in [4.78, 5) is 29.9. The molecule has 2 fully saturated rings. The molecule has 50 heavy (non-hydrogen) atoms. The van der Waals surface area contributed by atoms with E-state index in [2.05, 4.69) is 47.7 Å². The SMILES string of the molecule is COc1cc(N2CCC(N3CCN(C)CC3)CC2)c(NC(=O)c2ccc(Cl)cc2)cc1Nc1ncc(Cl)c(Nc2ccccc2P(C)(C)=O)n1. The fourth-order valence-corrected chi connectivity index (χ4v) is 7.88. The molecule has 1 aromatic heterocycles. The van der Waals surface area contributed by atoms with Crippen LogP contribution in [0.25, 0.3) is 0 Å². The van der Waals surface area contributed by atoms with Gasteiger partial charge in [0.25, 0.3) is 5.91 Å². The van der Waals surface area contributed by atoms with Crippen molar-refractivity contribution in [2.24, 2.45) is 0 Å². The lowest BCUT2D eigenvalue weighted by molar-refractivity contribution is 0.0981. The molecule has 0 saturated carbocycles. The van der Waals surface area contributed by atoms with Crippen LogP contribution in [0.5, 0.6) is 5.75 Å². The number of para-hydroxylation sites is 1. The van der Waals surface area contributed by atoms with Crippen LogP contribution in [0.4, 0.5) is 34.5 Å². The molecule has 3 aromatic carbocycles. The van der Waals surface area contributed by atoms with E-state index in [-0.39, 0.29) is 11.9 Å². The van der Waals surface area contributed by atoms with E-state index in [0.29, 0.717) is 55.6 Å². The third-order valence-corrected chi connectivity index (χ3v) is 11.3. The van der Waals surface area contributed by atoms with E-state index in [0.717, 1.165) is 57.8 Å². The van der Waals surface area contributed by atoms with Crippen LogP contribution in [-0.4, -0.2) is 98.5 Å². The van der Waals surface area contributed by atoms with Gasteiger partial charge in [0.2, 0.25) is 5.95 Å². The van der Waals surface area contributed by atoms with E-state index in [1.165, 1.54) is 6.20 Å². The Hall–Kier alpha value is -3.86. The van der Waals surface area contributed by atoms with Crippen molar-refractivity contribution < 1.29 is 14.1 Å². The summed E-state index contributed by atoms with van der Waals surface area (Å²) in [6.45, 7) is 9.49. The summed E-state index contributed by atoms with van der Waals surface area (Å²) in [5.41, 5.74) is 3.17. The highest BCUT2D eigenvalue weighted by atomic mass is 35.5. The number of aromatic nitrogens is 2. The van der Waals surface area contributed by atoms with Crippen LogP contribution in [-0.2, 0) is 4.57 Å². The minimum atomic E-state index is -2.59. The minimum Gasteiger partial charge on any atom is -0.494 e. The number of rotatable bonds is 10. The first-order valence-electron chi connectivity index (χ1n) is 16.7. The van der Waals surface area contributed by atoms with Gasteiger partial charge in [-0.15, -0.1) is 0 Å². The highest BCUT2D eigenvalue weighted by molar-refractivity contribution is 7.70. The van der Waals surface area contributed by atoms with Crippen LogP contribution in [0.15, 0.2) is 66.9 Å². The molecule has 0 atom stereocenters. The second-order valence-corrected chi connectivity index (χ2v) is 17.1. The van der Waals surface area contributed by atoms with Crippen molar-refractivity contribution >= 4 is 76.1 Å². The topological polar surface area (TPSA) is 115 Å². The van der Waals surface area contributed by atoms with Gasteiger partial charge in [-0.3, -0.25) is 9.69 Å². The molecule has 0 spiro atoms. The van der Waals surface area contributed by atoms with Gasteiger partial charge >= 0.3 is 0 Å². The number of carbonyl (C=O) groups excluding carboxylic acids is 1. The van der Waals surface area contributed by atoms with E-state index in [9.17, 15) is 9.36 Å². The molecule has 6 rings (SSSR count). The van der Waals surface area contributed by atoms with Gasteiger partial charge in [0.1, 0.15) is 17.9 Å². The maximum atomic E-state index is 13.5. The first-order valence-corrected chi connectivity index (χ1v) is 20.0. The zero-order valence-electron chi connectivity index (χ0n) is 28.7. The predicted molar refractivity (Wildman–Crippen MR) is 206 cm³/mol. The molecule has 2 aliphatic heterocycles. The quantitative estimate of drug-likeness (QED) is 0.147. The number of amides is 1. The number of nitrogens with one attached hydrogen (secondary N) is 3. The second kappa shape index (κ2) is 15.6. The number of anilines is 6. The first-order chi connectivity index (χ1) is 24.0. The maximum Gasteiger partial charge on any atom is 0.255 e. The van der Waals surface area contributed by atoms with Crippen LogP contribution < -0.4 is 30.9 Å². The Morgan fingerprint density at radius 1 is 0.900 bits per heavy atom. The van der Waals surface area contributed by atoms with Gasteiger partial charge in [-0.05, 0) is 75.7 Å². The average Bonchev–Trinajstić information content (AvgIpc) is 3.10. The van der Waals surface area contributed by atoms with Gasteiger partial charge < -0.3 is 35.1 Å². The Balaban J connectivity index is 1.29. The molecule has 0 aliphatic carbocycles. The van der Waals surface area contributed by atoms with Crippen molar-refractivity contribution in [1.82, 2.24) is 19.8 Å². The molecule has 14 heteroatoms. The van der Waals surface area contributed by atoms with Gasteiger partial charge in [-0.1, -0.05) is 35.3 Å². The molecule has 3 heterocycles. The summed E-state index contributed by atoms with van der Waals surface area (Å²) in [5.74, 6) is 0.894.